The first-order valence-electron chi connectivity index (χ1n) is 15.1. The van der Waals surface area contributed by atoms with Crippen molar-refractivity contribution < 1.29 is 27.5 Å². The normalized spacial score (nSPS) is 27.3. The van der Waals surface area contributed by atoms with E-state index in [9.17, 15) is 27.6 Å². The summed E-state index contributed by atoms with van der Waals surface area (Å²) in [6.07, 6.45) is 0.800. The molecule has 11 nitrogen and oxygen atoms in total. The molecule has 2 aliphatic carbocycles. The number of ether oxygens (including phenoxy) is 1. The fourth-order valence-corrected chi connectivity index (χ4v) is 11.5. The van der Waals surface area contributed by atoms with Crippen LogP contribution in [0.15, 0.2) is 93.6 Å². The third-order valence-electron chi connectivity index (χ3n) is 9.81. The third kappa shape index (κ3) is 5.01. The van der Waals surface area contributed by atoms with Gasteiger partial charge in [0.05, 0.1) is 27.4 Å². The first-order chi connectivity index (χ1) is 22.6. The Morgan fingerprint density at radius 1 is 0.936 bits per heavy atom. The van der Waals surface area contributed by atoms with Gasteiger partial charge in [-0.25, -0.2) is 13.6 Å². The van der Waals surface area contributed by atoms with Crippen LogP contribution < -0.4 is 25.0 Å². The topological polar surface area (TPSA) is 169 Å². The Kier molecular flexibility index (Phi) is 7.17. The van der Waals surface area contributed by atoms with E-state index in [4.69, 9.17) is 9.88 Å². The number of nitrogens with zero attached hydrogens (tertiary/aromatic N) is 1. The molecular formula is C33H28N4O7S3. The van der Waals surface area contributed by atoms with Crippen molar-refractivity contribution in [3.05, 3.63) is 99.0 Å². The molecule has 3 heterocycles. The Morgan fingerprint density at radius 2 is 1.62 bits per heavy atom. The maximum Gasteiger partial charge on any atom is 0.305 e. The molecule has 2 saturated carbocycles. The van der Waals surface area contributed by atoms with Crippen LogP contribution in [-0.2, 0) is 24.4 Å². The molecule has 1 aromatic heterocycles. The second kappa shape index (κ2) is 11.2. The fourth-order valence-electron chi connectivity index (χ4n) is 8.07. The number of anilines is 2. The van der Waals surface area contributed by atoms with E-state index in [0.29, 0.717) is 17.1 Å². The highest BCUT2D eigenvalue weighted by atomic mass is 32.2. The van der Waals surface area contributed by atoms with E-state index in [1.807, 2.05) is 30.3 Å². The van der Waals surface area contributed by atoms with Gasteiger partial charge in [0.1, 0.15) is 5.75 Å². The summed E-state index contributed by atoms with van der Waals surface area (Å²) >= 11 is 2.84. The molecule has 47 heavy (non-hydrogen) atoms. The Labute approximate surface area is 277 Å². The lowest BCUT2D eigenvalue weighted by Gasteiger charge is -2.43. The molecule has 4 aromatic rings. The Bertz CT molecular complexity index is 2080. The molecule has 4 N–H and O–H groups in total. The van der Waals surface area contributed by atoms with Crippen LogP contribution >= 0.6 is 23.1 Å². The van der Waals surface area contributed by atoms with E-state index < -0.39 is 15.9 Å². The molecule has 7 atom stereocenters. The summed E-state index contributed by atoms with van der Waals surface area (Å²) in [5.74, 6) is -0.986. The fraction of sp³-hybridized carbons (Fsp3) is 0.273. The number of benzene rings is 3. The number of hydrogen-bond donors (Lipinski definition) is 3. The summed E-state index contributed by atoms with van der Waals surface area (Å²) in [6.45, 7) is -0.272. The van der Waals surface area contributed by atoms with Gasteiger partial charge in [0.25, 0.3) is 5.91 Å². The molecule has 1 saturated heterocycles. The number of nitrogens with two attached hydrogens (primary N) is 1. The summed E-state index contributed by atoms with van der Waals surface area (Å²) in [6, 6.07) is 22.1. The van der Waals surface area contributed by atoms with E-state index in [1.165, 1.54) is 40.5 Å². The number of nitrogens with one attached hydrogen (secondary N) is 2. The van der Waals surface area contributed by atoms with Crippen LogP contribution in [0.4, 0.5) is 11.4 Å². The van der Waals surface area contributed by atoms with Crippen molar-refractivity contribution in [2.75, 3.05) is 16.8 Å². The van der Waals surface area contributed by atoms with E-state index in [0.717, 1.165) is 21.9 Å². The molecule has 4 aliphatic rings. The van der Waals surface area contributed by atoms with Crippen molar-refractivity contribution in [1.82, 2.24) is 4.98 Å². The zero-order valence-corrected chi connectivity index (χ0v) is 27.0. The molecule has 14 heteroatoms. The minimum absolute atomic E-state index is 0.00154. The van der Waals surface area contributed by atoms with Gasteiger partial charge in [0.15, 0.2) is 6.61 Å². The number of aromatic nitrogens is 1. The monoisotopic (exact) mass is 688 g/mol. The lowest BCUT2D eigenvalue weighted by molar-refractivity contribution is -0.123. The molecule has 3 fully saturated rings. The average Bonchev–Trinajstić information content (AvgIpc) is 3.79. The summed E-state index contributed by atoms with van der Waals surface area (Å²) in [5, 5.41) is 8.69. The number of H-pyrrole nitrogens is 1. The van der Waals surface area contributed by atoms with Gasteiger partial charge in [-0.15, -0.1) is 11.8 Å². The van der Waals surface area contributed by atoms with Crippen LogP contribution in [0.2, 0.25) is 0 Å². The average molecular weight is 689 g/mol. The highest BCUT2D eigenvalue weighted by Crippen LogP contribution is 2.68. The Morgan fingerprint density at radius 3 is 2.30 bits per heavy atom. The maximum atomic E-state index is 13.9. The number of para-hydroxylation sites is 1. The molecule has 4 unspecified atom stereocenters. The zero-order valence-electron chi connectivity index (χ0n) is 24.6. The van der Waals surface area contributed by atoms with Crippen molar-refractivity contribution in [3.63, 3.8) is 0 Å². The zero-order chi connectivity index (χ0) is 32.6. The van der Waals surface area contributed by atoms with Crippen molar-refractivity contribution in [2.45, 2.75) is 27.5 Å². The SMILES string of the molecule is NS(=O)(=O)c1ccc(NC(=O)COc2ccc([C@H]3c4sc(=O)[nH]c4SC4C3[C@H]3C[C@@H]4C4C(=O)N(c5ccccc5)C(=O)C43)cc2)cc1. The van der Waals surface area contributed by atoms with Crippen LogP contribution in [0.1, 0.15) is 22.8 Å². The van der Waals surface area contributed by atoms with E-state index in [2.05, 4.69) is 10.3 Å². The minimum Gasteiger partial charge on any atom is -0.484 e. The van der Waals surface area contributed by atoms with Crippen molar-refractivity contribution in [2.24, 2.45) is 34.7 Å². The summed E-state index contributed by atoms with van der Waals surface area (Å²) in [5.41, 5.74) is 1.98. The second-order valence-corrected chi connectivity index (χ2v) is 16.0. The van der Waals surface area contributed by atoms with Gasteiger partial charge in [-0.3, -0.25) is 24.1 Å². The molecule has 2 aliphatic heterocycles. The number of imide groups is 1. The molecule has 240 valence electrons. The molecule has 8 rings (SSSR count). The van der Waals surface area contributed by atoms with Gasteiger partial charge in [-0.05, 0) is 78.3 Å². The Hall–Kier alpha value is -4.24. The predicted molar refractivity (Wildman–Crippen MR) is 176 cm³/mol. The lowest BCUT2D eigenvalue weighted by Crippen LogP contribution is -2.42. The van der Waals surface area contributed by atoms with Crippen LogP contribution in [0.5, 0.6) is 5.75 Å². The summed E-state index contributed by atoms with van der Waals surface area (Å²) in [4.78, 5) is 57.8. The number of amides is 3. The minimum atomic E-state index is -3.84. The van der Waals surface area contributed by atoms with Gasteiger partial charge in [0.2, 0.25) is 21.8 Å². The molecule has 0 radical (unpaired) electrons. The summed E-state index contributed by atoms with van der Waals surface area (Å²) < 4.78 is 28.6. The van der Waals surface area contributed by atoms with Crippen molar-refractivity contribution in [3.8, 4) is 5.75 Å². The molecule has 3 amide bonds. The number of sulfonamides is 1. The first kappa shape index (κ1) is 30.1. The number of hydrogen-bond acceptors (Lipinski definition) is 9. The van der Waals surface area contributed by atoms with Gasteiger partial charge in [0, 0.05) is 21.7 Å². The van der Waals surface area contributed by atoms with Crippen LogP contribution in [-0.4, -0.2) is 43.0 Å². The third-order valence-corrected chi connectivity index (χ3v) is 13.3. The number of aromatic amines is 1. The lowest BCUT2D eigenvalue weighted by atomic mass is 9.68. The largest absolute Gasteiger partial charge is 0.484 e. The van der Waals surface area contributed by atoms with Gasteiger partial charge in [-0.1, -0.05) is 41.7 Å². The highest BCUT2D eigenvalue weighted by Gasteiger charge is 2.69. The quantitative estimate of drug-likeness (QED) is 0.247. The van der Waals surface area contributed by atoms with Gasteiger partial charge in [-0.2, -0.15) is 0 Å². The molecule has 0 spiro atoms. The number of carbonyl (C=O) groups excluding carboxylic acids is 3. The number of carbonyl (C=O) groups is 3. The highest BCUT2D eigenvalue weighted by molar-refractivity contribution is 8.00. The van der Waals surface area contributed by atoms with Crippen LogP contribution in [0, 0.1) is 29.6 Å². The smallest absolute Gasteiger partial charge is 0.305 e. The van der Waals surface area contributed by atoms with Gasteiger partial charge < -0.3 is 15.0 Å². The van der Waals surface area contributed by atoms with Gasteiger partial charge >= 0.3 is 4.87 Å². The number of thiazole rings is 1. The number of fused-ring (bicyclic) bond motifs is 9. The second-order valence-electron chi connectivity index (χ2n) is 12.3. The molecule has 3 aromatic carbocycles. The first-order valence-corrected chi connectivity index (χ1v) is 18.3. The predicted octanol–water partition coefficient (Wildman–Crippen LogP) is 3.78. The van der Waals surface area contributed by atoms with Crippen molar-refractivity contribution >= 4 is 62.2 Å². The molecule has 2 bridgehead atoms. The maximum absolute atomic E-state index is 13.9. The Balaban J connectivity index is 1.02. The molecular weight excluding hydrogens is 661 g/mol. The standard InChI is InChI=1S/C33H28N4O7S3/c34-47(42,43)20-12-8-17(9-13-20)35-23(38)15-44-19-10-6-16(7-11-19)24-25-21-14-22(28(25)45-30-29(24)46-33(41)36-30)27-26(21)31(39)37(32(27)40)18-4-2-1-3-5-18/h1-13,21-22,24-28H,14-15H2,(H,35,38)(H,36,41)(H2,34,42,43)/t21-,22-,24-,25?,26?,27?,28?/m1/s1. The number of thioether (sulfide) groups is 1. The number of rotatable bonds is 7. The van der Waals surface area contributed by atoms with E-state index in [-0.39, 0.29) is 68.9 Å². The van der Waals surface area contributed by atoms with Crippen LogP contribution in [0.3, 0.4) is 0 Å². The summed E-state index contributed by atoms with van der Waals surface area (Å²) in [7, 11) is -3.84. The van der Waals surface area contributed by atoms with E-state index >= 15 is 0 Å². The number of primary sulfonamides is 1. The van der Waals surface area contributed by atoms with Crippen molar-refractivity contribution in [1.29, 1.82) is 0 Å². The van der Waals surface area contributed by atoms with E-state index in [1.54, 1.807) is 36.0 Å². The van der Waals surface area contributed by atoms with Crippen LogP contribution in [0.25, 0.3) is 0 Å².